The van der Waals surface area contributed by atoms with E-state index in [0.717, 1.165) is 13.0 Å². The molecule has 0 aliphatic rings. The van der Waals surface area contributed by atoms with Crippen molar-refractivity contribution in [1.29, 1.82) is 0 Å². The van der Waals surface area contributed by atoms with Crippen LogP contribution in [0.2, 0.25) is 0 Å². The smallest absolute Gasteiger partial charge is 0.237 e. The van der Waals surface area contributed by atoms with Gasteiger partial charge in [-0.15, -0.1) is 0 Å². The fourth-order valence-corrected chi connectivity index (χ4v) is 1.34. The van der Waals surface area contributed by atoms with Gasteiger partial charge in [0.1, 0.15) is 0 Å². The average Bonchev–Trinajstić information content (AvgIpc) is 2.25. The van der Waals surface area contributed by atoms with Crippen LogP contribution in [0.15, 0.2) is 0 Å². The van der Waals surface area contributed by atoms with E-state index in [9.17, 15) is 4.79 Å². The van der Waals surface area contributed by atoms with Crippen molar-refractivity contribution in [1.82, 2.24) is 5.32 Å². The van der Waals surface area contributed by atoms with Gasteiger partial charge in [0.05, 0.1) is 11.6 Å². The molecule has 4 heteroatoms. The first-order valence-electron chi connectivity index (χ1n) is 6.50. The van der Waals surface area contributed by atoms with Crippen LogP contribution in [-0.2, 0) is 9.53 Å². The molecule has 17 heavy (non-hydrogen) atoms. The summed E-state index contributed by atoms with van der Waals surface area (Å²) in [5.41, 5.74) is 4.77. The van der Waals surface area contributed by atoms with Crippen molar-refractivity contribution in [2.24, 2.45) is 11.7 Å². The molecule has 0 aliphatic carbocycles. The standard InChI is InChI=1S/C13H28N2O2/c1-6-8-15-13(5,12(14)16)7-9-17-11(4)10(2)3/h10-11,15H,6-9H2,1-5H3,(H2,14,16). The summed E-state index contributed by atoms with van der Waals surface area (Å²) < 4.78 is 5.68. The Labute approximate surface area is 105 Å². The third kappa shape index (κ3) is 6.03. The summed E-state index contributed by atoms with van der Waals surface area (Å²) in [7, 11) is 0. The SMILES string of the molecule is CCCNC(C)(CCOC(C)C(C)C)C(N)=O. The quantitative estimate of drug-likeness (QED) is 0.648. The summed E-state index contributed by atoms with van der Waals surface area (Å²) in [6.07, 6.45) is 1.80. The predicted octanol–water partition coefficient (Wildman–Crippen LogP) is 1.68. The monoisotopic (exact) mass is 244 g/mol. The van der Waals surface area contributed by atoms with Gasteiger partial charge >= 0.3 is 0 Å². The van der Waals surface area contributed by atoms with E-state index in [1.807, 2.05) is 13.8 Å². The van der Waals surface area contributed by atoms with Crippen LogP contribution in [0.1, 0.15) is 47.5 Å². The van der Waals surface area contributed by atoms with Gasteiger partial charge in [-0.1, -0.05) is 20.8 Å². The molecule has 0 saturated carbocycles. The van der Waals surface area contributed by atoms with E-state index < -0.39 is 5.54 Å². The number of nitrogens with two attached hydrogens (primary N) is 1. The molecule has 0 saturated heterocycles. The Balaban J connectivity index is 4.13. The number of hydrogen-bond acceptors (Lipinski definition) is 3. The lowest BCUT2D eigenvalue weighted by Gasteiger charge is -2.28. The Bertz CT molecular complexity index is 231. The zero-order valence-electron chi connectivity index (χ0n) is 11.9. The van der Waals surface area contributed by atoms with E-state index in [2.05, 4.69) is 26.1 Å². The topological polar surface area (TPSA) is 64.3 Å². The molecule has 0 spiro atoms. The van der Waals surface area contributed by atoms with Gasteiger partial charge < -0.3 is 15.8 Å². The van der Waals surface area contributed by atoms with Gasteiger partial charge in [0.2, 0.25) is 5.91 Å². The largest absolute Gasteiger partial charge is 0.378 e. The number of carbonyl (C=O) groups excluding carboxylic acids is 1. The van der Waals surface area contributed by atoms with Crippen LogP contribution < -0.4 is 11.1 Å². The minimum atomic E-state index is -0.660. The number of primary amides is 1. The molecule has 0 aromatic rings. The molecule has 0 bridgehead atoms. The highest BCUT2D eigenvalue weighted by Gasteiger charge is 2.29. The van der Waals surface area contributed by atoms with Crippen molar-refractivity contribution in [2.75, 3.05) is 13.2 Å². The molecule has 102 valence electrons. The van der Waals surface area contributed by atoms with E-state index >= 15 is 0 Å². The second-order valence-corrected chi connectivity index (χ2v) is 5.19. The third-order valence-electron chi connectivity index (χ3n) is 3.23. The molecule has 2 unspecified atom stereocenters. The van der Waals surface area contributed by atoms with Crippen LogP contribution in [0.4, 0.5) is 0 Å². The van der Waals surface area contributed by atoms with Gasteiger partial charge in [-0.3, -0.25) is 4.79 Å². The summed E-state index contributed by atoms with van der Waals surface area (Å²) in [4.78, 5) is 11.4. The number of nitrogens with one attached hydrogen (secondary N) is 1. The maximum atomic E-state index is 11.4. The molecule has 4 nitrogen and oxygen atoms in total. The van der Waals surface area contributed by atoms with Crippen molar-refractivity contribution in [3.63, 3.8) is 0 Å². The first kappa shape index (κ1) is 16.4. The number of rotatable bonds is 9. The van der Waals surface area contributed by atoms with Crippen molar-refractivity contribution in [3.8, 4) is 0 Å². The summed E-state index contributed by atoms with van der Waals surface area (Å²) in [6.45, 7) is 11.5. The molecule has 1 amide bonds. The van der Waals surface area contributed by atoms with Crippen molar-refractivity contribution < 1.29 is 9.53 Å². The van der Waals surface area contributed by atoms with Crippen LogP contribution in [-0.4, -0.2) is 30.7 Å². The number of carbonyl (C=O) groups is 1. The molecule has 0 radical (unpaired) electrons. The molecule has 0 heterocycles. The Kier molecular flexibility index (Phi) is 7.39. The van der Waals surface area contributed by atoms with E-state index in [1.54, 1.807) is 0 Å². The fraction of sp³-hybridized carbons (Fsp3) is 0.923. The molecule has 0 rings (SSSR count). The van der Waals surface area contributed by atoms with Gasteiger partial charge in [0, 0.05) is 6.61 Å². The van der Waals surface area contributed by atoms with Crippen LogP contribution in [0, 0.1) is 5.92 Å². The highest BCUT2D eigenvalue weighted by molar-refractivity contribution is 5.84. The summed E-state index contributed by atoms with van der Waals surface area (Å²) >= 11 is 0. The second kappa shape index (κ2) is 7.67. The lowest BCUT2D eigenvalue weighted by atomic mass is 9.97. The van der Waals surface area contributed by atoms with Crippen LogP contribution in [0.5, 0.6) is 0 Å². The van der Waals surface area contributed by atoms with Crippen LogP contribution in [0.25, 0.3) is 0 Å². The third-order valence-corrected chi connectivity index (χ3v) is 3.23. The van der Waals surface area contributed by atoms with E-state index in [0.29, 0.717) is 18.9 Å². The van der Waals surface area contributed by atoms with Gasteiger partial charge in [0.15, 0.2) is 0 Å². The summed E-state index contributed by atoms with van der Waals surface area (Å²) in [6, 6.07) is 0. The molecule has 0 aromatic heterocycles. The first-order valence-corrected chi connectivity index (χ1v) is 6.50. The van der Waals surface area contributed by atoms with E-state index in [1.165, 1.54) is 0 Å². The molecule has 2 atom stereocenters. The zero-order valence-corrected chi connectivity index (χ0v) is 11.9. The minimum Gasteiger partial charge on any atom is -0.378 e. The van der Waals surface area contributed by atoms with Gasteiger partial charge in [-0.25, -0.2) is 0 Å². The van der Waals surface area contributed by atoms with Gasteiger partial charge in [-0.05, 0) is 39.2 Å². The van der Waals surface area contributed by atoms with Gasteiger partial charge in [0.25, 0.3) is 0 Å². The Hall–Kier alpha value is -0.610. The van der Waals surface area contributed by atoms with Crippen LogP contribution in [0.3, 0.4) is 0 Å². The van der Waals surface area contributed by atoms with E-state index in [-0.39, 0.29) is 12.0 Å². The van der Waals surface area contributed by atoms with Gasteiger partial charge in [-0.2, -0.15) is 0 Å². The molecular weight excluding hydrogens is 216 g/mol. The molecule has 0 aromatic carbocycles. The Morgan fingerprint density at radius 2 is 2.00 bits per heavy atom. The summed E-state index contributed by atoms with van der Waals surface area (Å²) in [5, 5.41) is 3.19. The Morgan fingerprint density at radius 1 is 1.41 bits per heavy atom. The van der Waals surface area contributed by atoms with E-state index in [4.69, 9.17) is 10.5 Å². The lowest BCUT2D eigenvalue weighted by molar-refractivity contribution is -0.125. The zero-order chi connectivity index (χ0) is 13.5. The number of ether oxygens (including phenoxy) is 1. The Morgan fingerprint density at radius 3 is 2.41 bits per heavy atom. The fourth-order valence-electron chi connectivity index (χ4n) is 1.34. The van der Waals surface area contributed by atoms with Crippen LogP contribution >= 0.6 is 0 Å². The molecule has 0 fully saturated rings. The van der Waals surface area contributed by atoms with Crippen molar-refractivity contribution in [2.45, 2.75) is 59.1 Å². The molecule has 0 aliphatic heterocycles. The maximum Gasteiger partial charge on any atom is 0.237 e. The van der Waals surface area contributed by atoms with Crippen molar-refractivity contribution in [3.05, 3.63) is 0 Å². The number of hydrogen-bond donors (Lipinski definition) is 2. The lowest BCUT2D eigenvalue weighted by Crippen LogP contribution is -2.54. The normalized spacial score (nSPS) is 16.8. The average molecular weight is 244 g/mol. The highest BCUT2D eigenvalue weighted by atomic mass is 16.5. The molecule has 3 N–H and O–H groups in total. The number of amides is 1. The summed E-state index contributed by atoms with van der Waals surface area (Å²) in [5.74, 6) is 0.171. The molecular formula is C13H28N2O2. The highest BCUT2D eigenvalue weighted by Crippen LogP contribution is 2.12. The second-order valence-electron chi connectivity index (χ2n) is 5.19. The maximum absolute atomic E-state index is 11.4. The minimum absolute atomic E-state index is 0.207. The van der Waals surface area contributed by atoms with Crippen molar-refractivity contribution >= 4 is 5.91 Å². The first-order chi connectivity index (χ1) is 7.83. The predicted molar refractivity (Wildman–Crippen MR) is 70.8 cm³/mol.